The number of aromatic nitrogens is 3. The van der Waals surface area contributed by atoms with Gasteiger partial charge in [0.15, 0.2) is 11.0 Å². The zero-order valence-electron chi connectivity index (χ0n) is 14.0. The van der Waals surface area contributed by atoms with E-state index in [1.807, 2.05) is 39.8 Å². The van der Waals surface area contributed by atoms with Crippen LogP contribution in [-0.2, 0) is 11.3 Å². The number of thioether (sulfide) groups is 1. The molecule has 132 valence electrons. The first-order valence-corrected chi connectivity index (χ1v) is 10.2. The van der Waals surface area contributed by atoms with E-state index in [0.717, 1.165) is 46.9 Å². The van der Waals surface area contributed by atoms with Gasteiger partial charge in [0.25, 0.3) is 0 Å². The lowest BCUT2D eigenvalue weighted by molar-refractivity contribution is -0.129. The first kappa shape index (κ1) is 18.2. The number of hydrogen-bond acceptors (Lipinski definition) is 4. The van der Waals surface area contributed by atoms with Gasteiger partial charge in [0, 0.05) is 29.7 Å². The standard InChI is InChI=1S/C18H21BrN4OS/c1-2-10-23-17(14-6-8-15(19)9-7-14)20-21-18(23)25-13-16(24)22-11-4-3-5-12-22/h2,6-9H,1,3-5,10-13H2. The van der Waals surface area contributed by atoms with Crippen LogP contribution in [0.5, 0.6) is 0 Å². The summed E-state index contributed by atoms with van der Waals surface area (Å²) in [6, 6.07) is 7.96. The molecule has 1 aliphatic heterocycles. The van der Waals surface area contributed by atoms with Crippen LogP contribution < -0.4 is 0 Å². The summed E-state index contributed by atoms with van der Waals surface area (Å²) in [4.78, 5) is 14.3. The van der Waals surface area contributed by atoms with E-state index in [0.29, 0.717) is 12.3 Å². The van der Waals surface area contributed by atoms with Crippen LogP contribution in [0, 0.1) is 0 Å². The Hall–Kier alpha value is -1.60. The van der Waals surface area contributed by atoms with Gasteiger partial charge in [-0.3, -0.25) is 9.36 Å². The van der Waals surface area contributed by atoms with E-state index in [4.69, 9.17) is 0 Å². The molecule has 0 aliphatic carbocycles. The Morgan fingerprint density at radius 1 is 1.20 bits per heavy atom. The van der Waals surface area contributed by atoms with Crippen molar-refractivity contribution in [2.75, 3.05) is 18.8 Å². The van der Waals surface area contributed by atoms with Gasteiger partial charge >= 0.3 is 0 Å². The van der Waals surface area contributed by atoms with Crippen molar-refractivity contribution in [2.24, 2.45) is 0 Å². The van der Waals surface area contributed by atoms with Crippen molar-refractivity contribution in [1.82, 2.24) is 19.7 Å². The molecule has 1 fully saturated rings. The molecule has 2 heterocycles. The molecule has 7 heteroatoms. The van der Waals surface area contributed by atoms with Crippen LogP contribution >= 0.6 is 27.7 Å². The van der Waals surface area contributed by atoms with Crippen molar-refractivity contribution in [3.05, 3.63) is 41.4 Å². The maximum Gasteiger partial charge on any atom is 0.233 e. The number of piperidine rings is 1. The summed E-state index contributed by atoms with van der Waals surface area (Å²) < 4.78 is 3.03. The summed E-state index contributed by atoms with van der Waals surface area (Å²) in [5.74, 6) is 1.37. The highest BCUT2D eigenvalue weighted by Crippen LogP contribution is 2.25. The third kappa shape index (κ3) is 4.52. The molecule has 0 bridgehead atoms. The largest absolute Gasteiger partial charge is 0.342 e. The first-order valence-electron chi connectivity index (χ1n) is 8.39. The van der Waals surface area contributed by atoms with Crippen LogP contribution in [-0.4, -0.2) is 44.4 Å². The number of nitrogens with zero attached hydrogens (tertiary/aromatic N) is 4. The number of benzene rings is 1. The molecule has 1 amide bonds. The fourth-order valence-corrected chi connectivity index (χ4v) is 3.98. The minimum absolute atomic E-state index is 0.183. The van der Waals surface area contributed by atoms with E-state index in [9.17, 15) is 4.79 Å². The van der Waals surface area contributed by atoms with Crippen molar-refractivity contribution in [2.45, 2.75) is 31.0 Å². The van der Waals surface area contributed by atoms with Gasteiger partial charge in [-0.15, -0.1) is 16.8 Å². The van der Waals surface area contributed by atoms with Crippen molar-refractivity contribution < 1.29 is 4.79 Å². The van der Waals surface area contributed by atoms with Crippen LogP contribution in [0.3, 0.4) is 0 Å². The molecule has 0 unspecified atom stereocenters. The van der Waals surface area contributed by atoms with Gasteiger partial charge in [-0.05, 0) is 31.4 Å². The Labute approximate surface area is 160 Å². The number of amides is 1. The highest BCUT2D eigenvalue weighted by Gasteiger charge is 2.19. The fraction of sp³-hybridized carbons (Fsp3) is 0.389. The van der Waals surface area contributed by atoms with Gasteiger partial charge in [-0.1, -0.05) is 45.9 Å². The molecule has 0 N–H and O–H groups in total. The Balaban J connectivity index is 1.73. The second kappa shape index (κ2) is 8.67. The van der Waals surface area contributed by atoms with Crippen LogP contribution in [0.25, 0.3) is 11.4 Å². The summed E-state index contributed by atoms with van der Waals surface area (Å²) in [7, 11) is 0. The minimum atomic E-state index is 0.183. The highest BCUT2D eigenvalue weighted by atomic mass is 79.9. The second-order valence-corrected chi connectivity index (χ2v) is 7.80. The molecular weight excluding hydrogens is 400 g/mol. The van der Waals surface area contributed by atoms with Gasteiger partial charge in [0.2, 0.25) is 5.91 Å². The number of carbonyl (C=O) groups excluding carboxylic acids is 1. The molecule has 25 heavy (non-hydrogen) atoms. The molecule has 0 spiro atoms. The maximum absolute atomic E-state index is 12.4. The second-order valence-electron chi connectivity index (χ2n) is 5.94. The predicted octanol–water partition coefficient (Wildman–Crippen LogP) is 4.00. The van der Waals surface area contributed by atoms with E-state index < -0.39 is 0 Å². The molecule has 3 rings (SSSR count). The van der Waals surface area contributed by atoms with E-state index in [-0.39, 0.29) is 5.91 Å². The average molecular weight is 421 g/mol. The molecule has 1 aromatic heterocycles. The monoisotopic (exact) mass is 420 g/mol. The van der Waals surface area contributed by atoms with E-state index >= 15 is 0 Å². The average Bonchev–Trinajstić information content (AvgIpc) is 3.04. The summed E-state index contributed by atoms with van der Waals surface area (Å²) in [6.45, 7) is 6.19. The van der Waals surface area contributed by atoms with Gasteiger partial charge in [0.1, 0.15) is 0 Å². The number of likely N-dealkylation sites (tertiary alicyclic amines) is 1. The molecule has 0 radical (unpaired) electrons. The summed E-state index contributed by atoms with van der Waals surface area (Å²) in [5.41, 5.74) is 0.992. The van der Waals surface area contributed by atoms with Crippen LogP contribution in [0.4, 0.5) is 0 Å². The Bertz CT molecular complexity index is 738. The molecule has 1 saturated heterocycles. The maximum atomic E-state index is 12.4. The summed E-state index contributed by atoms with van der Waals surface area (Å²) in [5, 5.41) is 9.38. The smallest absolute Gasteiger partial charge is 0.233 e. The Kier molecular flexibility index (Phi) is 6.31. The number of hydrogen-bond donors (Lipinski definition) is 0. The predicted molar refractivity (Wildman–Crippen MR) is 105 cm³/mol. The first-order chi connectivity index (χ1) is 12.2. The molecule has 1 aromatic carbocycles. The van der Waals surface area contributed by atoms with Crippen LogP contribution in [0.2, 0.25) is 0 Å². The van der Waals surface area contributed by atoms with Crippen molar-refractivity contribution in [3.63, 3.8) is 0 Å². The van der Waals surface area contributed by atoms with Crippen LogP contribution in [0.1, 0.15) is 19.3 Å². The third-order valence-corrected chi connectivity index (χ3v) is 5.64. The summed E-state index contributed by atoms with van der Waals surface area (Å²) >= 11 is 4.89. The SMILES string of the molecule is C=CCn1c(SCC(=O)N2CCCCC2)nnc1-c1ccc(Br)cc1. The molecule has 2 aromatic rings. The zero-order chi connectivity index (χ0) is 17.6. The molecule has 1 aliphatic rings. The lowest BCUT2D eigenvalue weighted by Gasteiger charge is -2.26. The zero-order valence-corrected chi connectivity index (χ0v) is 16.4. The van der Waals surface area contributed by atoms with Crippen molar-refractivity contribution >= 4 is 33.6 Å². The number of allylic oxidation sites excluding steroid dienone is 1. The topological polar surface area (TPSA) is 51.0 Å². The molecule has 0 atom stereocenters. The van der Waals surface area contributed by atoms with E-state index in [1.165, 1.54) is 18.2 Å². The van der Waals surface area contributed by atoms with Gasteiger partial charge < -0.3 is 4.90 Å². The van der Waals surface area contributed by atoms with Gasteiger partial charge in [-0.2, -0.15) is 0 Å². The molecular formula is C18H21BrN4OS. The van der Waals surface area contributed by atoms with Gasteiger partial charge in [-0.25, -0.2) is 0 Å². The molecule has 0 saturated carbocycles. The van der Waals surface area contributed by atoms with Gasteiger partial charge in [0.05, 0.1) is 5.75 Å². The third-order valence-electron chi connectivity index (χ3n) is 4.16. The number of carbonyl (C=O) groups is 1. The Morgan fingerprint density at radius 3 is 2.60 bits per heavy atom. The summed E-state index contributed by atoms with van der Waals surface area (Å²) in [6.07, 6.45) is 5.26. The molecule has 5 nitrogen and oxygen atoms in total. The Morgan fingerprint density at radius 2 is 1.92 bits per heavy atom. The van der Waals surface area contributed by atoms with Crippen LogP contribution in [0.15, 0.2) is 46.5 Å². The lowest BCUT2D eigenvalue weighted by atomic mass is 10.1. The fourth-order valence-electron chi connectivity index (χ4n) is 2.86. The quantitative estimate of drug-likeness (QED) is 0.523. The van der Waals surface area contributed by atoms with E-state index in [2.05, 4.69) is 32.7 Å². The number of rotatable bonds is 6. The minimum Gasteiger partial charge on any atom is -0.342 e. The highest BCUT2D eigenvalue weighted by molar-refractivity contribution is 9.10. The van der Waals surface area contributed by atoms with Crippen molar-refractivity contribution in [1.29, 1.82) is 0 Å². The number of halogens is 1. The van der Waals surface area contributed by atoms with Crippen molar-refractivity contribution in [3.8, 4) is 11.4 Å². The van der Waals surface area contributed by atoms with E-state index in [1.54, 1.807) is 0 Å². The lowest BCUT2D eigenvalue weighted by Crippen LogP contribution is -2.36. The normalized spacial score (nSPS) is 14.5.